The number of Topliss-reactive ketones (excluding diaryl/α,β-unsaturated/α-hetero) is 1. The number of nitrogens with one attached hydrogen (secondary N) is 1. The molecule has 1 aromatic carbocycles. The highest BCUT2D eigenvalue weighted by Crippen LogP contribution is 2.05. The van der Waals surface area contributed by atoms with Crippen LogP contribution in [-0.4, -0.2) is 18.2 Å². The third-order valence-corrected chi connectivity index (χ3v) is 3.57. The smallest absolute Gasteiger partial charge is 0.220 e. The van der Waals surface area contributed by atoms with Crippen LogP contribution in [0.1, 0.15) is 50.5 Å². The van der Waals surface area contributed by atoms with Gasteiger partial charge in [-0.1, -0.05) is 42.8 Å². The summed E-state index contributed by atoms with van der Waals surface area (Å²) in [5.41, 5.74) is 1.19. The zero-order chi connectivity index (χ0) is 16.0. The molecule has 0 atom stereocenters. The third kappa shape index (κ3) is 9.11. The SMILES string of the molecule is C=CCCC(=O)CCCCCNC(=O)CCc1ccccc1. The summed E-state index contributed by atoms with van der Waals surface area (Å²) in [5, 5.41) is 2.94. The maximum Gasteiger partial charge on any atom is 0.220 e. The van der Waals surface area contributed by atoms with E-state index in [1.165, 1.54) is 5.56 Å². The molecular formula is C19H27NO2. The molecule has 0 saturated carbocycles. The van der Waals surface area contributed by atoms with Crippen molar-refractivity contribution in [2.24, 2.45) is 0 Å². The number of carbonyl (C=O) groups excluding carboxylic acids is 2. The van der Waals surface area contributed by atoms with Gasteiger partial charge in [0.25, 0.3) is 0 Å². The van der Waals surface area contributed by atoms with Crippen LogP contribution in [0.4, 0.5) is 0 Å². The summed E-state index contributed by atoms with van der Waals surface area (Å²) in [6, 6.07) is 10.0. The number of allylic oxidation sites excluding steroid dienone is 1. The molecule has 0 radical (unpaired) electrons. The predicted octanol–water partition coefficient (Wildman–Crippen LogP) is 3.83. The quantitative estimate of drug-likeness (QED) is 0.471. The molecule has 22 heavy (non-hydrogen) atoms. The average molecular weight is 301 g/mol. The highest BCUT2D eigenvalue weighted by atomic mass is 16.1. The molecule has 0 spiro atoms. The highest BCUT2D eigenvalue weighted by Gasteiger charge is 2.02. The maximum absolute atomic E-state index is 11.7. The van der Waals surface area contributed by atoms with Crippen LogP contribution in [0.2, 0.25) is 0 Å². The minimum atomic E-state index is 0.103. The van der Waals surface area contributed by atoms with Crippen LogP contribution < -0.4 is 5.32 Å². The number of carbonyl (C=O) groups is 2. The van der Waals surface area contributed by atoms with Crippen molar-refractivity contribution in [1.82, 2.24) is 5.32 Å². The molecule has 0 unspecified atom stereocenters. The standard InChI is InChI=1S/C19H27NO2/c1-2-3-12-18(21)13-8-5-9-16-20-19(22)15-14-17-10-6-4-7-11-17/h2,4,6-7,10-11H,1,3,5,8-9,12-16H2,(H,20,22). The van der Waals surface area contributed by atoms with Crippen molar-refractivity contribution in [3.05, 3.63) is 48.6 Å². The Bertz CT molecular complexity index is 454. The molecule has 1 aromatic rings. The van der Waals surface area contributed by atoms with Gasteiger partial charge < -0.3 is 5.32 Å². The van der Waals surface area contributed by atoms with Crippen molar-refractivity contribution in [3.63, 3.8) is 0 Å². The molecule has 0 aromatic heterocycles. The molecule has 0 aliphatic rings. The predicted molar refractivity (Wildman–Crippen MR) is 90.7 cm³/mol. The first-order valence-corrected chi connectivity index (χ1v) is 8.15. The van der Waals surface area contributed by atoms with E-state index in [-0.39, 0.29) is 5.91 Å². The summed E-state index contributed by atoms with van der Waals surface area (Å²) in [4.78, 5) is 23.1. The van der Waals surface area contributed by atoms with Crippen molar-refractivity contribution < 1.29 is 9.59 Å². The van der Waals surface area contributed by atoms with Gasteiger partial charge in [-0.05, 0) is 31.2 Å². The molecule has 0 heterocycles. The zero-order valence-electron chi connectivity index (χ0n) is 13.4. The molecular weight excluding hydrogens is 274 g/mol. The lowest BCUT2D eigenvalue weighted by molar-refractivity contribution is -0.121. The van der Waals surface area contributed by atoms with E-state index in [1.807, 2.05) is 30.3 Å². The lowest BCUT2D eigenvalue weighted by Gasteiger charge is -2.05. The summed E-state index contributed by atoms with van der Waals surface area (Å²) in [6.45, 7) is 4.31. The van der Waals surface area contributed by atoms with Crippen LogP contribution in [-0.2, 0) is 16.0 Å². The molecule has 0 aliphatic carbocycles. The lowest BCUT2D eigenvalue weighted by atomic mass is 10.1. The summed E-state index contributed by atoms with van der Waals surface area (Å²) in [6.07, 6.45) is 7.96. The largest absolute Gasteiger partial charge is 0.356 e. The molecule has 1 amide bonds. The topological polar surface area (TPSA) is 46.2 Å². The number of hydrogen-bond donors (Lipinski definition) is 1. The summed E-state index contributed by atoms with van der Waals surface area (Å²) in [5.74, 6) is 0.415. The van der Waals surface area contributed by atoms with Crippen LogP contribution in [0.3, 0.4) is 0 Å². The zero-order valence-corrected chi connectivity index (χ0v) is 13.4. The average Bonchev–Trinajstić information content (AvgIpc) is 2.55. The number of aryl methyl sites for hydroxylation is 1. The molecule has 1 N–H and O–H groups in total. The van der Waals surface area contributed by atoms with Crippen molar-refractivity contribution in [1.29, 1.82) is 0 Å². The lowest BCUT2D eigenvalue weighted by Crippen LogP contribution is -2.24. The molecule has 0 aliphatic heterocycles. The van der Waals surface area contributed by atoms with E-state index >= 15 is 0 Å². The van der Waals surface area contributed by atoms with E-state index in [0.29, 0.717) is 31.6 Å². The van der Waals surface area contributed by atoms with Crippen molar-refractivity contribution in [2.45, 2.75) is 51.4 Å². The van der Waals surface area contributed by atoms with E-state index in [1.54, 1.807) is 6.08 Å². The van der Waals surface area contributed by atoms with Gasteiger partial charge in [0.1, 0.15) is 5.78 Å². The fourth-order valence-electron chi connectivity index (χ4n) is 2.23. The van der Waals surface area contributed by atoms with Crippen LogP contribution in [0.25, 0.3) is 0 Å². The number of ketones is 1. The molecule has 0 bridgehead atoms. The molecule has 1 rings (SSSR count). The first-order chi connectivity index (χ1) is 10.7. The third-order valence-electron chi connectivity index (χ3n) is 3.57. The Morgan fingerprint density at radius 1 is 1.00 bits per heavy atom. The summed E-state index contributed by atoms with van der Waals surface area (Å²) >= 11 is 0. The number of amides is 1. The molecule has 3 nitrogen and oxygen atoms in total. The van der Waals surface area contributed by atoms with E-state index in [4.69, 9.17) is 0 Å². The van der Waals surface area contributed by atoms with Crippen LogP contribution in [0.15, 0.2) is 43.0 Å². The van der Waals surface area contributed by atoms with Crippen LogP contribution >= 0.6 is 0 Å². The Morgan fingerprint density at radius 2 is 1.77 bits per heavy atom. The van der Waals surface area contributed by atoms with Crippen molar-refractivity contribution >= 4 is 11.7 Å². The first kappa shape index (κ1) is 18.1. The molecule has 0 saturated heterocycles. The molecule has 0 fully saturated rings. The minimum absolute atomic E-state index is 0.103. The molecule has 3 heteroatoms. The Labute approximate surface area is 133 Å². The Hall–Kier alpha value is -1.90. The number of hydrogen-bond acceptors (Lipinski definition) is 2. The van der Waals surface area contributed by atoms with E-state index < -0.39 is 0 Å². The van der Waals surface area contributed by atoms with Gasteiger partial charge >= 0.3 is 0 Å². The van der Waals surface area contributed by atoms with Crippen LogP contribution in [0, 0.1) is 0 Å². The van der Waals surface area contributed by atoms with Gasteiger partial charge in [0.2, 0.25) is 5.91 Å². The fourth-order valence-corrected chi connectivity index (χ4v) is 2.23. The van der Waals surface area contributed by atoms with Gasteiger partial charge in [-0.15, -0.1) is 6.58 Å². The second kappa shape index (κ2) is 11.7. The highest BCUT2D eigenvalue weighted by molar-refractivity contribution is 5.78. The summed E-state index contributed by atoms with van der Waals surface area (Å²) < 4.78 is 0. The first-order valence-electron chi connectivity index (χ1n) is 8.15. The fraction of sp³-hybridized carbons (Fsp3) is 0.474. The van der Waals surface area contributed by atoms with E-state index in [9.17, 15) is 9.59 Å². The number of rotatable bonds is 12. The van der Waals surface area contributed by atoms with Crippen LogP contribution in [0.5, 0.6) is 0 Å². The summed E-state index contributed by atoms with van der Waals surface area (Å²) in [7, 11) is 0. The second-order valence-electron chi connectivity index (χ2n) is 5.51. The van der Waals surface area contributed by atoms with Gasteiger partial charge in [0, 0.05) is 25.8 Å². The Morgan fingerprint density at radius 3 is 2.50 bits per heavy atom. The minimum Gasteiger partial charge on any atom is -0.356 e. The molecule has 120 valence electrons. The van der Waals surface area contributed by atoms with Crippen molar-refractivity contribution in [3.8, 4) is 0 Å². The van der Waals surface area contributed by atoms with Gasteiger partial charge in [-0.25, -0.2) is 0 Å². The van der Waals surface area contributed by atoms with Gasteiger partial charge in [-0.2, -0.15) is 0 Å². The van der Waals surface area contributed by atoms with Crippen molar-refractivity contribution in [2.75, 3.05) is 6.54 Å². The Balaban J connectivity index is 1.97. The van der Waals surface area contributed by atoms with Gasteiger partial charge in [0.05, 0.1) is 0 Å². The normalized spacial score (nSPS) is 10.2. The van der Waals surface area contributed by atoms with Gasteiger partial charge in [-0.3, -0.25) is 9.59 Å². The monoisotopic (exact) mass is 301 g/mol. The number of unbranched alkanes of at least 4 members (excludes halogenated alkanes) is 2. The maximum atomic E-state index is 11.7. The second-order valence-corrected chi connectivity index (χ2v) is 5.51. The van der Waals surface area contributed by atoms with Gasteiger partial charge in [0.15, 0.2) is 0 Å². The van der Waals surface area contributed by atoms with E-state index in [2.05, 4.69) is 11.9 Å². The van der Waals surface area contributed by atoms with E-state index in [0.717, 1.165) is 32.1 Å². The number of benzene rings is 1. The Kier molecular flexibility index (Phi) is 9.67.